The number of anilines is 2. The van der Waals surface area contributed by atoms with Crippen LogP contribution in [-0.4, -0.2) is 40.7 Å². The summed E-state index contributed by atoms with van der Waals surface area (Å²) in [6.45, 7) is 0.0804. The molecule has 0 bridgehead atoms. The van der Waals surface area contributed by atoms with Crippen LogP contribution in [0, 0.1) is 0 Å². The summed E-state index contributed by atoms with van der Waals surface area (Å²) in [5.41, 5.74) is 3.01. The van der Waals surface area contributed by atoms with Gasteiger partial charge >= 0.3 is 5.97 Å². The van der Waals surface area contributed by atoms with Crippen LogP contribution >= 0.6 is 12.2 Å². The number of nitrogens with one attached hydrogen (secondary N) is 3. The van der Waals surface area contributed by atoms with E-state index in [1.807, 2.05) is 36.4 Å². The molecule has 9 nitrogen and oxygen atoms in total. The summed E-state index contributed by atoms with van der Waals surface area (Å²) in [6.07, 6.45) is 0.568. The highest BCUT2D eigenvalue weighted by atomic mass is 32.1. The molecule has 1 aliphatic heterocycles. The summed E-state index contributed by atoms with van der Waals surface area (Å²) >= 11 is 5.56. The molecule has 0 spiro atoms. The molecule has 1 aliphatic rings. The van der Waals surface area contributed by atoms with Gasteiger partial charge in [0.05, 0.1) is 4.99 Å². The van der Waals surface area contributed by atoms with E-state index in [0.717, 1.165) is 11.1 Å². The van der Waals surface area contributed by atoms with Crippen molar-refractivity contribution >= 4 is 46.4 Å². The smallest absolute Gasteiger partial charge is 0.326 e. The summed E-state index contributed by atoms with van der Waals surface area (Å²) in [4.78, 5) is 38.9. The molecule has 0 unspecified atom stereocenters. The van der Waals surface area contributed by atoms with E-state index in [1.54, 1.807) is 54.6 Å². The maximum absolute atomic E-state index is 13.3. The third-order valence-electron chi connectivity index (χ3n) is 6.47. The van der Waals surface area contributed by atoms with Crippen molar-refractivity contribution in [2.75, 3.05) is 17.4 Å². The van der Waals surface area contributed by atoms with Gasteiger partial charge in [0, 0.05) is 35.3 Å². The molecule has 1 atom stereocenters. The van der Waals surface area contributed by atoms with Gasteiger partial charge in [-0.1, -0.05) is 72.9 Å². The van der Waals surface area contributed by atoms with Crippen LogP contribution in [0.25, 0.3) is 0 Å². The average Bonchev–Trinajstić information content (AvgIpc) is 3.46. The number of hydrogen-bond donors (Lipinski definition) is 4. The van der Waals surface area contributed by atoms with Crippen molar-refractivity contribution in [2.24, 2.45) is 0 Å². The van der Waals surface area contributed by atoms with Gasteiger partial charge in [-0.3, -0.25) is 9.59 Å². The Labute approximate surface area is 247 Å². The number of hydrogen-bond acceptors (Lipinski definition) is 6. The highest BCUT2D eigenvalue weighted by molar-refractivity contribution is 7.80. The van der Waals surface area contributed by atoms with E-state index in [9.17, 15) is 19.5 Å². The van der Waals surface area contributed by atoms with Crippen LogP contribution in [0.15, 0.2) is 97.1 Å². The molecule has 10 heteroatoms. The average molecular weight is 582 g/mol. The lowest BCUT2D eigenvalue weighted by atomic mass is 10.0. The van der Waals surface area contributed by atoms with Crippen molar-refractivity contribution < 1.29 is 29.0 Å². The molecule has 0 aromatic heterocycles. The summed E-state index contributed by atoms with van der Waals surface area (Å²) in [5.74, 6) is -1.21. The molecule has 0 radical (unpaired) electrons. The van der Waals surface area contributed by atoms with Gasteiger partial charge in [-0.2, -0.15) is 0 Å². The Balaban J connectivity index is 1.38. The Morgan fingerprint density at radius 1 is 0.738 bits per heavy atom. The van der Waals surface area contributed by atoms with Crippen LogP contribution in [0.5, 0.6) is 11.5 Å². The second-order valence-electron chi connectivity index (χ2n) is 9.59. The number of benzene rings is 4. The Morgan fingerprint density at radius 3 is 2.07 bits per heavy atom. The fraction of sp³-hybridized carbons (Fsp3) is 0.125. The molecule has 42 heavy (non-hydrogen) atoms. The van der Waals surface area contributed by atoms with E-state index < -0.39 is 23.8 Å². The Morgan fingerprint density at radius 2 is 1.38 bits per heavy atom. The van der Waals surface area contributed by atoms with Crippen LogP contribution in [-0.2, 0) is 17.6 Å². The van der Waals surface area contributed by atoms with Crippen molar-refractivity contribution in [3.63, 3.8) is 0 Å². The van der Waals surface area contributed by atoms with Gasteiger partial charge in [0.2, 0.25) is 6.79 Å². The van der Waals surface area contributed by atoms with Crippen molar-refractivity contribution in [1.29, 1.82) is 0 Å². The first kappa shape index (κ1) is 28.3. The Hall–Kier alpha value is -5.22. The first-order valence-electron chi connectivity index (χ1n) is 13.1. The maximum Gasteiger partial charge on any atom is 0.326 e. The van der Waals surface area contributed by atoms with Crippen LogP contribution < -0.4 is 25.4 Å². The van der Waals surface area contributed by atoms with E-state index in [-0.39, 0.29) is 18.8 Å². The maximum atomic E-state index is 13.3. The van der Waals surface area contributed by atoms with Crippen molar-refractivity contribution in [2.45, 2.75) is 18.9 Å². The number of ether oxygens (including phenoxy) is 2. The van der Waals surface area contributed by atoms with E-state index in [0.29, 0.717) is 39.8 Å². The van der Waals surface area contributed by atoms with Gasteiger partial charge in [0.25, 0.3) is 11.8 Å². The monoisotopic (exact) mass is 581 g/mol. The van der Waals surface area contributed by atoms with Crippen molar-refractivity contribution in [1.82, 2.24) is 5.32 Å². The van der Waals surface area contributed by atoms with Crippen LogP contribution in [0.1, 0.15) is 31.8 Å². The predicted molar refractivity (Wildman–Crippen MR) is 162 cm³/mol. The molecule has 0 aliphatic carbocycles. The third-order valence-corrected chi connectivity index (χ3v) is 6.71. The summed E-state index contributed by atoms with van der Waals surface area (Å²) in [7, 11) is 0. The van der Waals surface area contributed by atoms with Crippen LogP contribution in [0.2, 0.25) is 0 Å². The zero-order chi connectivity index (χ0) is 29.5. The summed E-state index contributed by atoms with van der Waals surface area (Å²) in [6, 6.07) is 27.0. The molecule has 0 saturated carbocycles. The van der Waals surface area contributed by atoms with Crippen molar-refractivity contribution in [3.8, 4) is 11.5 Å². The fourth-order valence-corrected chi connectivity index (χ4v) is 4.71. The number of rotatable bonds is 10. The Bertz CT molecular complexity index is 1630. The minimum Gasteiger partial charge on any atom is -0.480 e. The number of carbonyl (C=O) groups excluding carboxylic acids is 2. The van der Waals surface area contributed by atoms with Crippen molar-refractivity contribution in [3.05, 3.63) is 119 Å². The molecule has 212 valence electrons. The molecular formula is C32H27N3O6S. The number of amides is 2. The lowest BCUT2D eigenvalue weighted by Gasteiger charge is -2.17. The number of thiocarbonyl (C=S) groups is 1. The Kier molecular flexibility index (Phi) is 8.74. The molecule has 2 amide bonds. The fourth-order valence-electron chi connectivity index (χ4n) is 4.42. The normalized spacial score (nSPS) is 12.2. The van der Waals surface area contributed by atoms with Crippen LogP contribution in [0.4, 0.5) is 11.4 Å². The number of carbonyl (C=O) groups is 3. The number of carboxylic acid groups (broad SMARTS) is 1. The molecule has 4 aromatic rings. The zero-order valence-electron chi connectivity index (χ0n) is 22.3. The van der Waals surface area contributed by atoms with Gasteiger partial charge in [-0.15, -0.1) is 0 Å². The van der Waals surface area contributed by atoms with Crippen LogP contribution in [0.3, 0.4) is 0 Å². The first-order valence-corrected chi connectivity index (χ1v) is 13.5. The standard InChI is InChI=1S/C32H27N3O6S/c36-30(22-11-12-27-28(17-22)41-19-40-27)34-25-16-23(15-24(18-25)33-29(42)14-21-9-5-2-6-10-21)31(37)35-26(32(38)39)13-20-7-3-1-4-8-20/h1-12,15-18,26H,13-14,19H2,(H,33,42)(H,34,36)(H,35,37)(H,38,39)/t26-/m0/s1. The largest absolute Gasteiger partial charge is 0.480 e. The molecule has 1 heterocycles. The summed E-state index contributed by atoms with van der Waals surface area (Å²) < 4.78 is 10.7. The summed E-state index contributed by atoms with van der Waals surface area (Å²) in [5, 5.41) is 18.3. The van der Waals surface area contributed by atoms with E-state index in [2.05, 4.69) is 16.0 Å². The molecule has 4 aromatic carbocycles. The van der Waals surface area contributed by atoms with Gasteiger partial charge < -0.3 is 30.5 Å². The minimum absolute atomic E-state index is 0.0804. The second kappa shape index (κ2) is 13.0. The topological polar surface area (TPSA) is 126 Å². The SMILES string of the molecule is O=C(Nc1cc(NC(=S)Cc2ccccc2)cc(C(=O)N[C@@H](Cc2ccccc2)C(=O)O)c1)c1ccc2c(c1)OCO2. The van der Waals surface area contributed by atoms with E-state index >= 15 is 0 Å². The highest BCUT2D eigenvalue weighted by Crippen LogP contribution is 2.33. The van der Waals surface area contributed by atoms with Gasteiger partial charge in [-0.05, 0) is 47.5 Å². The lowest BCUT2D eigenvalue weighted by Crippen LogP contribution is -2.42. The number of carboxylic acids is 1. The first-order chi connectivity index (χ1) is 20.3. The zero-order valence-corrected chi connectivity index (χ0v) is 23.1. The molecule has 5 rings (SSSR count). The highest BCUT2D eigenvalue weighted by Gasteiger charge is 2.22. The molecule has 0 fully saturated rings. The molecule has 0 saturated heterocycles. The van der Waals surface area contributed by atoms with Gasteiger partial charge in [0.15, 0.2) is 11.5 Å². The minimum atomic E-state index is -1.16. The second-order valence-corrected chi connectivity index (χ2v) is 10.1. The molecule has 4 N–H and O–H groups in total. The van der Waals surface area contributed by atoms with Gasteiger partial charge in [0.1, 0.15) is 6.04 Å². The van der Waals surface area contributed by atoms with Gasteiger partial charge in [-0.25, -0.2) is 4.79 Å². The lowest BCUT2D eigenvalue weighted by molar-refractivity contribution is -0.139. The van der Waals surface area contributed by atoms with E-state index in [1.165, 1.54) is 6.07 Å². The quantitative estimate of drug-likeness (QED) is 0.191. The number of aliphatic carboxylic acids is 1. The molecular weight excluding hydrogens is 554 g/mol. The third kappa shape index (κ3) is 7.29. The predicted octanol–water partition coefficient (Wildman–Crippen LogP) is 5.08. The van der Waals surface area contributed by atoms with E-state index in [4.69, 9.17) is 21.7 Å². The number of fused-ring (bicyclic) bond motifs is 1.